The topological polar surface area (TPSA) is 102 Å². The fraction of sp³-hybridized carbons (Fsp3) is 0.550. The predicted octanol–water partition coefficient (Wildman–Crippen LogP) is 0.565. The summed E-state index contributed by atoms with van der Waals surface area (Å²) in [5.41, 5.74) is 3.88. The minimum Gasteiger partial charge on any atom is -0.445 e. The number of piperidine rings is 1. The molecule has 0 aromatic heterocycles. The van der Waals surface area contributed by atoms with Crippen molar-refractivity contribution < 1.29 is 24.3 Å². The van der Waals surface area contributed by atoms with Crippen LogP contribution in [0.25, 0.3) is 0 Å². The van der Waals surface area contributed by atoms with Crippen molar-refractivity contribution in [3.63, 3.8) is 0 Å². The molecule has 3 heterocycles. The summed E-state index contributed by atoms with van der Waals surface area (Å²) in [7, 11) is 1.74. The van der Waals surface area contributed by atoms with Crippen LogP contribution in [0.3, 0.4) is 0 Å². The maximum atomic E-state index is 13.3. The van der Waals surface area contributed by atoms with Crippen LogP contribution in [0.15, 0.2) is 24.3 Å². The number of nitrogens with one attached hydrogen (secondary N) is 1. The molecule has 2 N–H and O–H groups in total. The average Bonchev–Trinajstić information content (AvgIpc) is 3.09. The number of hydrogen-bond donors (Lipinski definition) is 2. The lowest BCUT2D eigenvalue weighted by Gasteiger charge is -2.42. The Labute approximate surface area is 169 Å². The molecular formula is C20H26N4O5. The van der Waals surface area contributed by atoms with Crippen LogP contribution in [-0.2, 0) is 27.4 Å². The molecule has 4 rings (SSSR count). The van der Waals surface area contributed by atoms with Gasteiger partial charge in [0.15, 0.2) is 0 Å². The Kier molecular flexibility index (Phi) is 5.42. The monoisotopic (exact) mass is 402 g/mol. The molecule has 2 fully saturated rings. The van der Waals surface area contributed by atoms with Crippen molar-refractivity contribution in [1.82, 2.24) is 20.2 Å². The number of likely N-dealkylation sites (tertiary alicyclic amines) is 2. The zero-order valence-corrected chi connectivity index (χ0v) is 16.4. The molecule has 3 amide bonds. The number of likely N-dealkylation sites (N-methyl/N-ethyl adjacent to an activating group) is 1. The second kappa shape index (κ2) is 8.00. The van der Waals surface area contributed by atoms with Gasteiger partial charge in [-0.2, -0.15) is 0 Å². The molecule has 0 bridgehead atoms. The van der Waals surface area contributed by atoms with Gasteiger partial charge in [-0.15, -0.1) is 0 Å². The number of nitrogens with zero attached hydrogens (tertiary/aromatic N) is 3. The fourth-order valence-corrected chi connectivity index (χ4v) is 4.40. The molecule has 1 aromatic rings. The maximum Gasteiger partial charge on any atom is 0.410 e. The molecule has 0 saturated carbocycles. The lowest BCUT2D eigenvalue weighted by atomic mass is 9.86. The molecule has 0 unspecified atom stereocenters. The highest BCUT2D eigenvalue weighted by molar-refractivity contribution is 5.90. The first-order valence-electron chi connectivity index (χ1n) is 9.93. The van der Waals surface area contributed by atoms with E-state index in [2.05, 4.69) is 0 Å². The Morgan fingerprint density at radius 2 is 1.76 bits per heavy atom. The standard InChI is InChI=1S/C20H26N4O5/c1-22-12-15(29-20(27)23-7-4-8-23)9-16(18(25)21-28)17(22)19(26)24-10-13-5-2-3-6-14(13)11-24/h2-3,5-6,15-17,28H,4,7-12H2,1H3,(H,21,25)/t15-,16-,17-/m0/s1. The average molecular weight is 402 g/mol. The predicted molar refractivity (Wildman–Crippen MR) is 102 cm³/mol. The highest BCUT2D eigenvalue weighted by Gasteiger charge is 2.46. The van der Waals surface area contributed by atoms with E-state index in [1.165, 1.54) is 0 Å². The summed E-state index contributed by atoms with van der Waals surface area (Å²) in [4.78, 5) is 42.9. The third-order valence-electron chi connectivity index (χ3n) is 6.10. The highest BCUT2D eigenvalue weighted by Crippen LogP contribution is 2.30. The third-order valence-corrected chi connectivity index (χ3v) is 6.10. The summed E-state index contributed by atoms with van der Waals surface area (Å²) in [6.45, 7) is 2.71. The first-order chi connectivity index (χ1) is 14.0. The van der Waals surface area contributed by atoms with Gasteiger partial charge in [-0.1, -0.05) is 24.3 Å². The molecule has 29 heavy (non-hydrogen) atoms. The number of amides is 3. The Morgan fingerprint density at radius 1 is 1.10 bits per heavy atom. The third kappa shape index (κ3) is 3.79. The van der Waals surface area contributed by atoms with Crippen LogP contribution in [0.4, 0.5) is 4.79 Å². The van der Waals surface area contributed by atoms with E-state index in [1.807, 2.05) is 24.3 Å². The zero-order valence-electron chi connectivity index (χ0n) is 16.4. The zero-order chi connectivity index (χ0) is 20.5. The lowest BCUT2D eigenvalue weighted by molar-refractivity contribution is -0.152. The number of carbonyl (C=O) groups excluding carboxylic acids is 3. The molecule has 0 radical (unpaired) electrons. The molecule has 9 heteroatoms. The molecule has 156 valence electrons. The Hall–Kier alpha value is -2.65. The number of fused-ring (bicyclic) bond motifs is 1. The van der Waals surface area contributed by atoms with E-state index in [1.54, 1.807) is 27.2 Å². The molecule has 3 aliphatic heterocycles. The minimum atomic E-state index is -0.816. The maximum absolute atomic E-state index is 13.3. The smallest absolute Gasteiger partial charge is 0.410 e. The fourth-order valence-electron chi connectivity index (χ4n) is 4.40. The van der Waals surface area contributed by atoms with Crippen molar-refractivity contribution in [3.05, 3.63) is 35.4 Å². The summed E-state index contributed by atoms with van der Waals surface area (Å²) in [6, 6.07) is 7.15. The second-order valence-electron chi connectivity index (χ2n) is 8.01. The van der Waals surface area contributed by atoms with Crippen LogP contribution in [-0.4, -0.2) is 76.6 Å². The normalized spacial score (nSPS) is 26.5. The Balaban J connectivity index is 1.47. The van der Waals surface area contributed by atoms with Gasteiger partial charge < -0.3 is 14.5 Å². The number of carbonyl (C=O) groups is 3. The van der Waals surface area contributed by atoms with E-state index in [9.17, 15) is 19.6 Å². The van der Waals surface area contributed by atoms with Gasteiger partial charge in [0.05, 0.1) is 5.92 Å². The minimum absolute atomic E-state index is 0.162. The molecular weight excluding hydrogens is 376 g/mol. The van der Waals surface area contributed by atoms with Gasteiger partial charge in [-0.25, -0.2) is 10.3 Å². The summed E-state index contributed by atoms with van der Waals surface area (Å²) in [6.07, 6.45) is 0.241. The van der Waals surface area contributed by atoms with E-state index >= 15 is 0 Å². The van der Waals surface area contributed by atoms with Crippen molar-refractivity contribution in [2.24, 2.45) is 5.92 Å². The van der Waals surface area contributed by atoms with Gasteiger partial charge in [0.1, 0.15) is 12.1 Å². The van der Waals surface area contributed by atoms with Gasteiger partial charge in [-0.05, 0) is 31.0 Å². The number of rotatable bonds is 3. The molecule has 1 aromatic carbocycles. The van der Waals surface area contributed by atoms with Crippen LogP contribution in [0.2, 0.25) is 0 Å². The van der Waals surface area contributed by atoms with Crippen molar-refractivity contribution in [2.45, 2.75) is 38.1 Å². The van der Waals surface area contributed by atoms with Crippen molar-refractivity contribution in [1.29, 1.82) is 0 Å². The largest absolute Gasteiger partial charge is 0.445 e. The van der Waals surface area contributed by atoms with E-state index in [4.69, 9.17) is 4.74 Å². The Morgan fingerprint density at radius 3 is 2.31 bits per heavy atom. The summed E-state index contributed by atoms with van der Waals surface area (Å²) in [5.74, 6) is -1.62. The molecule has 0 spiro atoms. The Bertz CT molecular complexity index is 787. The van der Waals surface area contributed by atoms with E-state index < -0.39 is 30.1 Å². The van der Waals surface area contributed by atoms with Gasteiger partial charge in [-0.3, -0.25) is 19.7 Å². The first kappa shape index (κ1) is 19.7. The van der Waals surface area contributed by atoms with E-state index in [0.29, 0.717) is 32.7 Å². The van der Waals surface area contributed by atoms with Gasteiger partial charge >= 0.3 is 6.09 Å². The summed E-state index contributed by atoms with van der Waals surface area (Å²) < 4.78 is 5.55. The molecule has 3 aliphatic rings. The molecule has 3 atom stereocenters. The summed E-state index contributed by atoms with van der Waals surface area (Å²) in [5, 5.41) is 9.22. The van der Waals surface area contributed by atoms with E-state index in [-0.39, 0.29) is 12.3 Å². The number of benzene rings is 1. The SMILES string of the molecule is CN1C[C@@H](OC(=O)N2CCC2)C[C@H](C(=O)NO)[C@H]1C(=O)N1Cc2ccccc2C1. The number of hydroxylamine groups is 1. The van der Waals surface area contributed by atoms with Crippen LogP contribution < -0.4 is 5.48 Å². The van der Waals surface area contributed by atoms with Crippen LogP contribution >= 0.6 is 0 Å². The van der Waals surface area contributed by atoms with Gasteiger partial charge in [0.2, 0.25) is 11.8 Å². The first-order valence-corrected chi connectivity index (χ1v) is 9.93. The van der Waals surface area contributed by atoms with Crippen LogP contribution in [0.5, 0.6) is 0 Å². The van der Waals surface area contributed by atoms with E-state index in [0.717, 1.165) is 17.5 Å². The second-order valence-corrected chi connectivity index (χ2v) is 8.01. The molecule has 9 nitrogen and oxygen atoms in total. The lowest BCUT2D eigenvalue weighted by Crippen LogP contribution is -2.60. The van der Waals surface area contributed by atoms with Gasteiger partial charge in [0, 0.05) is 32.7 Å². The van der Waals surface area contributed by atoms with Crippen molar-refractivity contribution in [2.75, 3.05) is 26.7 Å². The number of ether oxygens (including phenoxy) is 1. The van der Waals surface area contributed by atoms with Crippen molar-refractivity contribution >= 4 is 17.9 Å². The quantitative estimate of drug-likeness (QED) is 0.566. The molecule has 2 saturated heterocycles. The van der Waals surface area contributed by atoms with Gasteiger partial charge in [0.25, 0.3) is 0 Å². The summed E-state index contributed by atoms with van der Waals surface area (Å²) >= 11 is 0. The molecule has 0 aliphatic carbocycles. The van der Waals surface area contributed by atoms with Crippen LogP contribution in [0, 0.1) is 5.92 Å². The highest BCUT2D eigenvalue weighted by atomic mass is 16.6. The van der Waals surface area contributed by atoms with Crippen molar-refractivity contribution in [3.8, 4) is 0 Å². The number of hydrogen-bond acceptors (Lipinski definition) is 6. The van der Waals surface area contributed by atoms with Crippen LogP contribution in [0.1, 0.15) is 24.0 Å².